The molecule has 0 aromatic carbocycles. The third-order valence-corrected chi connectivity index (χ3v) is 6.68. The van der Waals surface area contributed by atoms with E-state index in [9.17, 15) is 33.6 Å². The van der Waals surface area contributed by atoms with Gasteiger partial charge in [0.2, 0.25) is 11.7 Å². The van der Waals surface area contributed by atoms with Crippen LogP contribution in [0.25, 0.3) is 0 Å². The van der Waals surface area contributed by atoms with E-state index in [0.29, 0.717) is 44.8 Å². The molecular formula is C51H72N2O9. The van der Waals surface area contributed by atoms with Crippen LogP contribution in [0.3, 0.4) is 0 Å². The molecule has 0 aliphatic rings. The van der Waals surface area contributed by atoms with Crippen LogP contribution in [0.2, 0.25) is 0 Å². The molecule has 0 fully saturated rings. The number of carbonyl (C=O) groups excluding carboxylic acids is 7. The lowest BCUT2D eigenvalue weighted by molar-refractivity contribution is -0.147. The maximum Gasteiger partial charge on any atom is 0.330 e. The van der Waals surface area contributed by atoms with Crippen molar-refractivity contribution in [3.63, 3.8) is 0 Å². The van der Waals surface area contributed by atoms with E-state index >= 15 is 0 Å². The van der Waals surface area contributed by atoms with Crippen LogP contribution in [0, 0.1) is 110 Å². The van der Waals surface area contributed by atoms with E-state index in [1.165, 1.54) is 18.2 Å². The highest BCUT2D eigenvalue weighted by atomic mass is 16.5. The molecule has 0 aliphatic carbocycles. The highest BCUT2D eigenvalue weighted by Crippen LogP contribution is 2.01. The van der Waals surface area contributed by atoms with Gasteiger partial charge >= 0.3 is 11.9 Å². The molecule has 0 aromatic rings. The quantitative estimate of drug-likeness (QED) is 0.0459. The molecule has 0 spiro atoms. The molecule has 0 heterocycles. The molecule has 0 atom stereocenters. The molecule has 0 aliphatic heterocycles. The Bertz CT molecular complexity index is 1630. The van der Waals surface area contributed by atoms with Crippen molar-refractivity contribution in [2.45, 2.75) is 109 Å². The van der Waals surface area contributed by atoms with Crippen LogP contribution in [0.5, 0.6) is 0 Å². The first-order valence-corrected chi connectivity index (χ1v) is 20.1. The highest BCUT2D eigenvalue weighted by Gasteiger charge is 2.07. The van der Waals surface area contributed by atoms with Crippen molar-refractivity contribution in [2.24, 2.45) is 35.5 Å². The number of esters is 2. The Hall–Kier alpha value is -6.53. The van der Waals surface area contributed by atoms with E-state index in [0.717, 1.165) is 11.8 Å². The second-order valence-corrected chi connectivity index (χ2v) is 14.3. The summed E-state index contributed by atoms with van der Waals surface area (Å²) in [5.41, 5.74) is 1.01. The summed E-state index contributed by atoms with van der Waals surface area (Å²) in [6, 6.07) is 0. The Labute approximate surface area is 374 Å². The number of carbonyl (C=O) groups is 7. The SMILES string of the molecule is C#CC(=O)C(C)C.C#CCCC(=O)C(C)C.C#CCCOC(=O)/C=C/C(=O)C(C)C.C#CCCOC(=O)C(C)C.C#CCNC(=C)C(C)C.C#CCNC(=O)/C=C/C(=O)C(C)C. The van der Waals surface area contributed by atoms with Gasteiger partial charge in [-0.05, 0) is 24.0 Å². The van der Waals surface area contributed by atoms with Crippen LogP contribution in [-0.2, 0) is 43.0 Å². The van der Waals surface area contributed by atoms with Gasteiger partial charge in [0.05, 0.1) is 19.0 Å². The number of ketones is 4. The molecule has 11 nitrogen and oxygen atoms in total. The zero-order valence-electron chi connectivity index (χ0n) is 39.3. The minimum atomic E-state index is -0.533. The van der Waals surface area contributed by atoms with E-state index in [-0.39, 0.29) is 77.8 Å². The Morgan fingerprint density at radius 2 is 0.952 bits per heavy atom. The number of Topliss-reactive ketones (excluding diaryl/α,β-unsaturated/α-hetero) is 2. The fraction of sp³-hybridized carbons (Fsp3) is 0.510. The Balaban J connectivity index is -0.000000154. The van der Waals surface area contributed by atoms with Gasteiger partial charge in [-0.2, -0.15) is 0 Å². The summed E-state index contributed by atoms with van der Waals surface area (Å²) in [6.07, 6.45) is 36.4. The normalized spacial score (nSPS) is 9.35. The number of ether oxygens (including phenoxy) is 2. The molecule has 0 rings (SSSR count). The van der Waals surface area contributed by atoms with Gasteiger partial charge in [0.1, 0.15) is 19.0 Å². The molecule has 0 bridgehead atoms. The van der Waals surface area contributed by atoms with Crippen LogP contribution in [0.4, 0.5) is 0 Å². The van der Waals surface area contributed by atoms with Crippen molar-refractivity contribution in [1.82, 2.24) is 10.6 Å². The zero-order chi connectivity index (χ0) is 49.6. The smallest absolute Gasteiger partial charge is 0.330 e. The predicted octanol–water partition coefficient (Wildman–Crippen LogP) is 6.91. The minimum absolute atomic E-state index is 0.00926. The summed E-state index contributed by atoms with van der Waals surface area (Å²) in [5, 5.41) is 5.41. The lowest BCUT2D eigenvalue weighted by atomic mass is 10.1. The van der Waals surface area contributed by atoms with Crippen LogP contribution in [0.1, 0.15) is 109 Å². The molecule has 0 unspecified atom stereocenters. The van der Waals surface area contributed by atoms with E-state index < -0.39 is 5.97 Å². The monoisotopic (exact) mass is 857 g/mol. The summed E-state index contributed by atoms with van der Waals surface area (Å²) in [5.74, 6) is 13.2. The first-order valence-electron chi connectivity index (χ1n) is 20.1. The number of rotatable bonds is 19. The van der Waals surface area contributed by atoms with Gasteiger partial charge in [0.25, 0.3) is 0 Å². The van der Waals surface area contributed by atoms with Crippen molar-refractivity contribution < 1.29 is 43.0 Å². The second-order valence-electron chi connectivity index (χ2n) is 14.3. The van der Waals surface area contributed by atoms with Crippen LogP contribution >= 0.6 is 0 Å². The van der Waals surface area contributed by atoms with Crippen molar-refractivity contribution in [2.75, 3.05) is 26.3 Å². The molecule has 1 amide bonds. The molecule has 2 N–H and O–H groups in total. The van der Waals surface area contributed by atoms with Crippen LogP contribution in [-0.4, -0.2) is 67.3 Å². The largest absolute Gasteiger partial charge is 0.464 e. The van der Waals surface area contributed by atoms with Gasteiger partial charge in [-0.15, -0.1) is 56.3 Å². The predicted molar refractivity (Wildman–Crippen MR) is 251 cm³/mol. The lowest BCUT2D eigenvalue weighted by Crippen LogP contribution is -2.21. The molecule has 0 saturated carbocycles. The number of hydrogen-bond donors (Lipinski definition) is 2. The lowest BCUT2D eigenvalue weighted by Gasteiger charge is -2.08. The van der Waals surface area contributed by atoms with E-state index in [2.05, 4.69) is 60.7 Å². The van der Waals surface area contributed by atoms with Crippen molar-refractivity contribution in [3.05, 3.63) is 36.6 Å². The van der Waals surface area contributed by atoms with Gasteiger partial charge in [0, 0.05) is 67.2 Å². The molecular weight excluding hydrogens is 785 g/mol. The molecule has 340 valence electrons. The number of nitrogens with one attached hydrogen (secondary N) is 2. The fourth-order valence-electron chi connectivity index (χ4n) is 2.55. The number of hydrogen-bond acceptors (Lipinski definition) is 10. The summed E-state index contributed by atoms with van der Waals surface area (Å²) in [4.78, 5) is 75.7. The van der Waals surface area contributed by atoms with Crippen LogP contribution < -0.4 is 10.6 Å². The number of amides is 1. The van der Waals surface area contributed by atoms with Gasteiger partial charge in [-0.1, -0.05) is 102 Å². The Morgan fingerprint density at radius 1 is 0.516 bits per heavy atom. The highest BCUT2D eigenvalue weighted by molar-refractivity contribution is 5.98. The van der Waals surface area contributed by atoms with E-state index in [1.807, 2.05) is 19.8 Å². The number of terminal acetylenes is 6. The molecule has 62 heavy (non-hydrogen) atoms. The summed E-state index contributed by atoms with van der Waals surface area (Å²) in [6.45, 7) is 27.2. The number of allylic oxidation sites excluding steroid dienone is 3. The molecule has 0 aromatic heterocycles. The topological polar surface area (TPSA) is 162 Å². The van der Waals surface area contributed by atoms with Crippen molar-refractivity contribution >= 4 is 41.0 Å². The van der Waals surface area contributed by atoms with Crippen LogP contribution in [0.15, 0.2) is 36.6 Å². The van der Waals surface area contributed by atoms with Gasteiger partial charge in [0.15, 0.2) is 11.6 Å². The van der Waals surface area contributed by atoms with Crippen molar-refractivity contribution in [3.8, 4) is 74.1 Å². The Kier molecular flexibility index (Phi) is 51.1. The fourth-order valence-corrected chi connectivity index (χ4v) is 2.55. The molecule has 0 radical (unpaired) electrons. The van der Waals surface area contributed by atoms with Gasteiger partial charge in [-0.3, -0.25) is 28.8 Å². The third kappa shape index (κ3) is 55.6. The zero-order valence-corrected chi connectivity index (χ0v) is 39.3. The average Bonchev–Trinajstić information content (AvgIpc) is 3.22. The first kappa shape index (κ1) is 67.2. The standard InChI is InChI=1S/C11H14O3.C10H13NO2.C8H13N.C8H12O2.C8H12O.C6H8O/c1-4-5-8-14-11(13)7-6-10(12)9(2)3;1-4-7-11-10(13)6-5-9(12)8(2)3;1-5-6-9-8(4)7(2)3;1-4-5-6-10-8(9)7(2)3;1-4-5-6-8(9)7(2)3;1-4-6(7)5(2)3/h1,6-7,9H,5,8H2,2-3H3;1,5-6,8H,7H2,2-3H3,(H,11,13);1,7,9H,4,6H2,2-3H3;1,7H,5-6H2,2-3H3;1,7H,5-6H2,2-3H3;1,5H,2-3H3/b7-6+;6-5+;;;;. The molecule has 0 saturated heterocycles. The summed E-state index contributed by atoms with van der Waals surface area (Å²) in [7, 11) is 0. The second kappa shape index (κ2) is 47.2. The van der Waals surface area contributed by atoms with E-state index in [4.69, 9.17) is 48.0 Å². The first-order chi connectivity index (χ1) is 28.9. The summed E-state index contributed by atoms with van der Waals surface area (Å²) >= 11 is 0. The Morgan fingerprint density at radius 3 is 1.29 bits per heavy atom. The average molecular weight is 857 g/mol. The van der Waals surface area contributed by atoms with Gasteiger partial charge < -0.3 is 20.1 Å². The third-order valence-electron chi connectivity index (χ3n) is 6.68. The maximum absolute atomic E-state index is 11.1. The molecule has 11 heteroatoms. The van der Waals surface area contributed by atoms with Gasteiger partial charge in [-0.25, -0.2) is 4.79 Å². The van der Waals surface area contributed by atoms with E-state index in [1.54, 1.807) is 55.4 Å². The maximum atomic E-state index is 11.1. The minimum Gasteiger partial charge on any atom is -0.464 e. The summed E-state index contributed by atoms with van der Waals surface area (Å²) < 4.78 is 9.45. The van der Waals surface area contributed by atoms with Crippen molar-refractivity contribution in [1.29, 1.82) is 0 Å².